The fraction of sp³-hybridized carbons (Fsp3) is 0.929. The molecule has 0 aromatic carbocycles. The zero-order valence-corrected chi connectivity index (χ0v) is 13.8. The molecule has 5 nitrogen and oxygen atoms in total. The molecule has 1 fully saturated rings. The summed E-state index contributed by atoms with van der Waals surface area (Å²) in [7, 11) is 3.64. The van der Waals surface area contributed by atoms with Crippen LogP contribution in [0.25, 0.3) is 0 Å². The van der Waals surface area contributed by atoms with Gasteiger partial charge in [0.15, 0.2) is 0 Å². The van der Waals surface area contributed by atoms with Gasteiger partial charge in [0.05, 0.1) is 25.4 Å². The van der Waals surface area contributed by atoms with Crippen LogP contribution in [0.15, 0.2) is 0 Å². The van der Waals surface area contributed by atoms with Crippen LogP contribution in [0.2, 0.25) is 0 Å². The van der Waals surface area contributed by atoms with E-state index in [1.807, 2.05) is 27.7 Å². The van der Waals surface area contributed by atoms with E-state index in [9.17, 15) is 4.79 Å². The minimum absolute atomic E-state index is 0.174. The minimum Gasteiger partial charge on any atom is -0.380 e. The molecule has 1 aliphatic heterocycles. The quantitative estimate of drug-likeness (QED) is 0.794. The smallest absolute Gasteiger partial charge is 0.139 e. The first-order valence-corrected chi connectivity index (χ1v) is 7.11. The number of aldehydes is 1. The van der Waals surface area contributed by atoms with E-state index < -0.39 is 6.04 Å². The fourth-order valence-corrected chi connectivity index (χ4v) is 0.922. The Kier molecular flexibility index (Phi) is 24.6. The number of ether oxygens (including phenoxy) is 2. The van der Waals surface area contributed by atoms with E-state index in [0.29, 0.717) is 6.29 Å². The molecule has 0 bridgehead atoms. The second-order valence-corrected chi connectivity index (χ2v) is 3.57. The van der Waals surface area contributed by atoms with Crippen molar-refractivity contribution in [3.63, 3.8) is 0 Å². The van der Waals surface area contributed by atoms with E-state index in [4.69, 9.17) is 15.2 Å². The number of carbonyl (C=O) groups is 1. The number of nitrogens with two attached hydrogens (primary N) is 1. The molecule has 0 radical (unpaired) electrons. The molecular formula is C14H34N2O3. The lowest BCUT2D eigenvalue weighted by Gasteiger charge is -2.21. The molecule has 0 aliphatic carbocycles. The van der Waals surface area contributed by atoms with Gasteiger partial charge in [-0.3, -0.25) is 0 Å². The summed E-state index contributed by atoms with van der Waals surface area (Å²) in [5.41, 5.74) is 5.23. The standard InChI is InChI=1S/C5H11NO2.C5H11NO.2C2H6/c1-4(8-2)5(6)3-7;1-6-2-4-7-5-3-6;2*1-2/h3-5H,6H2,1-2H3;2-5H2,1H3;2*1-2H3. The lowest BCUT2D eigenvalue weighted by Crippen LogP contribution is -2.34. The van der Waals surface area contributed by atoms with Gasteiger partial charge in [-0.05, 0) is 14.0 Å². The summed E-state index contributed by atoms with van der Waals surface area (Å²) in [5.74, 6) is 0. The van der Waals surface area contributed by atoms with Crippen molar-refractivity contribution in [3.8, 4) is 0 Å². The van der Waals surface area contributed by atoms with Crippen LogP contribution in [0, 0.1) is 0 Å². The first-order chi connectivity index (χ1) is 9.11. The summed E-state index contributed by atoms with van der Waals surface area (Å²) < 4.78 is 9.84. The van der Waals surface area contributed by atoms with Crippen LogP contribution in [0.4, 0.5) is 0 Å². The largest absolute Gasteiger partial charge is 0.380 e. The molecule has 5 heteroatoms. The van der Waals surface area contributed by atoms with Crippen LogP contribution in [-0.2, 0) is 14.3 Å². The molecule has 1 rings (SSSR count). The van der Waals surface area contributed by atoms with Crippen LogP contribution in [-0.4, -0.2) is 63.8 Å². The molecule has 1 heterocycles. The predicted molar refractivity (Wildman–Crippen MR) is 81.5 cm³/mol. The Labute approximate surface area is 119 Å². The van der Waals surface area contributed by atoms with Crippen molar-refractivity contribution in [1.29, 1.82) is 0 Å². The molecule has 2 unspecified atom stereocenters. The molecule has 0 spiro atoms. The van der Waals surface area contributed by atoms with E-state index >= 15 is 0 Å². The van der Waals surface area contributed by atoms with Crippen LogP contribution in [0.5, 0.6) is 0 Å². The topological polar surface area (TPSA) is 64.8 Å². The van der Waals surface area contributed by atoms with E-state index in [1.54, 1.807) is 6.92 Å². The molecule has 2 atom stereocenters. The van der Waals surface area contributed by atoms with Crippen LogP contribution in [0.3, 0.4) is 0 Å². The third kappa shape index (κ3) is 17.5. The van der Waals surface area contributed by atoms with Crippen molar-refractivity contribution in [3.05, 3.63) is 0 Å². The summed E-state index contributed by atoms with van der Waals surface area (Å²) in [5, 5.41) is 0. The summed E-state index contributed by atoms with van der Waals surface area (Å²) in [4.78, 5) is 12.2. The minimum atomic E-state index is -0.486. The Bertz CT molecular complexity index is 163. The average Bonchev–Trinajstić information content (AvgIpc) is 2.51. The van der Waals surface area contributed by atoms with E-state index in [-0.39, 0.29) is 6.10 Å². The molecule has 19 heavy (non-hydrogen) atoms. The Morgan fingerprint density at radius 3 is 1.79 bits per heavy atom. The van der Waals surface area contributed by atoms with Crippen molar-refractivity contribution < 1.29 is 14.3 Å². The van der Waals surface area contributed by atoms with Gasteiger partial charge < -0.3 is 24.9 Å². The predicted octanol–water partition coefficient (Wildman–Crippen LogP) is 1.55. The van der Waals surface area contributed by atoms with Gasteiger partial charge in [-0.2, -0.15) is 0 Å². The Morgan fingerprint density at radius 2 is 1.63 bits per heavy atom. The number of methoxy groups -OCH3 is 1. The molecular weight excluding hydrogens is 244 g/mol. The average molecular weight is 278 g/mol. The SMILES string of the molecule is CC.CC.CN1CCOCC1.COC(C)C(N)C=O. The number of hydrogen-bond acceptors (Lipinski definition) is 5. The molecule has 1 saturated heterocycles. The summed E-state index contributed by atoms with van der Waals surface area (Å²) in [6.07, 6.45) is 0.501. The van der Waals surface area contributed by atoms with Crippen molar-refractivity contribution >= 4 is 6.29 Å². The van der Waals surface area contributed by atoms with Crippen LogP contribution < -0.4 is 5.73 Å². The summed E-state index contributed by atoms with van der Waals surface area (Å²) >= 11 is 0. The summed E-state index contributed by atoms with van der Waals surface area (Å²) in [6, 6.07) is -0.486. The first kappa shape index (κ1) is 23.6. The Balaban J connectivity index is -0.000000214. The number of rotatable bonds is 3. The van der Waals surface area contributed by atoms with Gasteiger partial charge in [-0.25, -0.2) is 0 Å². The van der Waals surface area contributed by atoms with Gasteiger partial charge >= 0.3 is 0 Å². The second-order valence-electron chi connectivity index (χ2n) is 3.57. The third-order valence-electron chi connectivity index (χ3n) is 2.31. The maximum Gasteiger partial charge on any atom is 0.139 e. The van der Waals surface area contributed by atoms with Crippen LogP contribution >= 0.6 is 0 Å². The van der Waals surface area contributed by atoms with E-state index in [2.05, 4.69) is 11.9 Å². The highest BCUT2D eigenvalue weighted by Gasteiger charge is 2.08. The highest BCUT2D eigenvalue weighted by Crippen LogP contribution is 1.90. The number of nitrogens with zero attached hydrogens (tertiary/aromatic N) is 1. The van der Waals surface area contributed by atoms with Crippen molar-refractivity contribution in [2.24, 2.45) is 5.73 Å². The van der Waals surface area contributed by atoms with E-state index in [1.165, 1.54) is 7.11 Å². The highest BCUT2D eigenvalue weighted by atomic mass is 16.5. The van der Waals surface area contributed by atoms with Crippen LogP contribution in [0.1, 0.15) is 34.6 Å². The number of hydrogen-bond donors (Lipinski definition) is 1. The van der Waals surface area contributed by atoms with Gasteiger partial charge in [0.2, 0.25) is 0 Å². The molecule has 0 saturated carbocycles. The summed E-state index contributed by atoms with van der Waals surface area (Å²) in [6.45, 7) is 13.8. The molecule has 118 valence electrons. The van der Waals surface area contributed by atoms with Crippen molar-refractivity contribution in [2.75, 3.05) is 40.5 Å². The maximum atomic E-state index is 9.90. The van der Waals surface area contributed by atoms with Crippen molar-refractivity contribution in [2.45, 2.75) is 46.8 Å². The lowest BCUT2D eigenvalue weighted by atomic mass is 10.2. The lowest BCUT2D eigenvalue weighted by molar-refractivity contribution is -0.111. The molecule has 0 aromatic rings. The molecule has 1 aliphatic rings. The second kappa shape index (κ2) is 19.8. The van der Waals surface area contributed by atoms with Gasteiger partial charge in [0.25, 0.3) is 0 Å². The Morgan fingerprint density at radius 1 is 1.21 bits per heavy atom. The van der Waals surface area contributed by atoms with Gasteiger partial charge in [0, 0.05) is 20.2 Å². The normalized spacial score (nSPS) is 17.3. The molecule has 2 N–H and O–H groups in total. The van der Waals surface area contributed by atoms with Gasteiger partial charge in [-0.1, -0.05) is 27.7 Å². The highest BCUT2D eigenvalue weighted by molar-refractivity contribution is 5.57. The zero-order valence-electron chi connectivity index (χ0n) is 13.8. The zero-order chi connectivity index (χ0) is 15.7. The maximum absolute atomic E-state index is 9.90. The number of morpholine rings is 1. The molecule has 0 aromatic heterocycles. The first-order valence-electron chi connectivity index (χ1n) is 7.11. The van der Waals surface area contributed by atoms with E-state index in [0.717, 1.165) is 26.3 Å². The molecule has 0 amide bonds. The van der Waals surface area contributed by atoms with Gasteiger partial charge in [-0.15, -0.1) is 0 Å². The fourth-order valence-electron chi connectivity index (χ4n) is 0.922. The van der Waals surface area contributed by atoms with Gasteiger partial charge in [0.1, 0.15) is 6.29 Å². The Hall–Kier alpha value is -0.490. The monoisotopic (exact) mass is 278 g/mol. The number of carbonyl (C=O) groups excluding carboxylic acids is 1. The third-order valence-corrected chi connectivity index (χ3v) is 2.31. The van der Waals surface area contributed by atoms with Crippen molar-refractivity contribution in [1.82, 2.24) is 4.90 Å². The number of likely N-dealkylation sites (N-methyl/N-ethyl adjacent to an activating group) is 1.